The first kappa shape index (κ1) is 12.4. The van der Waals surface area contributed by atoms with E-state index in [2.05, 4.69) is 30.9 Å². The highest BCUT2D eigenvalue weighted by atomic mass is 15.1. The maximum Gasteiger partial charge on any atom is 0.0640 e. The van der Waals surface area contributed by atoms with Crippen LogP contribution in [0.3, 0.4) is 0 Å². The molecule has 0 fully saturated rings. The topological polar surface area (TPSA) is 53.0 Å². The second-order valence-electron chi connectivity index (χ2n) is 4.24. The SMILES string of the molecule is Cc1cc(N(CCC#N)C(C)C)ccc1N. The summed E-state index contributed by atoms with van der Waals surface area (Å²) in [6.45, 7) is 7.02. The molecule has 0 saturated heterocycles. The van der Waals surface area contributed by atoms with Crippen LogP contribution in [0.5, 0.6) is 0 Å². The van der Waals surface area contributed by atoms with Crippen molar-refractivity contribution in [1.82, 2.24) is 0 Å². The standard InChI is InChI=1S/C13H19N3/c1-10(2)16(8-4-7-14)12-5-6-13(15)11(3)9-12/h5-6,9-10H,4,8,15H2,1-3H3. The summed E-state index contributed by atoms with van der Waals surface area (Å²) in [5.41, 5.74) is 8.83. The van der Waals surface area contributed by atoms with Crippen molar-refractivity contribution < 1.29 is 0 Å². The summed E-state index contributed by atoms with van der Waals surface area (Å²) in [5.74, 6) is 0. The van der Waals surface area contributed by atoms with Gasteiger partial charge in [-0.25, -0.2) is 0 Å². The van der Waals surface area contributed by atoms with Crippen LogP contribution in [-0.4, -0.2) is 12.6 Å². The lowest BCUT2D eigenvalue weighted by molar-refractivity contribution is 0.686. The molecule has 0 aromatic heterocycles. The van der Waals surface area contributed by atoms with E-state index in [1.807, 2.05) is 19.1 Å². The first-order valence-electron chi connectivity index (χ1n) is 5.56. The molecule has 0 bridgehead atoms. The minimum absolute atomic E-state index is 0.386. The summed E-state index contributed by atoms with van der Waals surface area (Å²) in [4.78, 5) is 2.22. The Labute approximate surface area is 97.5 Å². The lowest BCUT2D eigenvalue weighted by atomic mass is 10.1. The van der Waals surface area contributed by atoms with Crippen molar-refractivity contribution in [1.29, 1.82) is 5.26 Å². The van der Waals surface area contributed by atoms with Gasteiger partial charge in [0.1, 0.15) is 0 Å². The van der Waals surface area contributed by atoms with Crippen LogP contribution < -0.4 is 10.6 Å². The van der Waals surface area contributed by atoms with Crippen molar-refractivity contribution in [3.63, 3.8) is 0 Å². The summed E-state index contributed by atoms with van der Waals surface area (Å²) in [5, 5.41) is 8.65. The second kappa shape index (κ2) is 5.41. The second-order valence-corrected chi connectivity index (χ2v) is 4.24. The average Bonchev–Trinajstić information content (AvgIpc) is 2.23. The van der Waals surface area contributed by atoms with E-state index in [0.717, 1.165) is 23.5 Å². The van der Waals surface area contributed by atoms with Crippen molar-refractivity contribution in [3.05, 3.63) is 23.8 Å². The van der Waals surface area contributed by atoms with Crippen molar-refractivity contribution in [2.45, 2.75) is 33.2 Å². The Morgan fingerprint density at radius 1 is 1.44 bits per heavy atom. The minimum atomic E-state index is 0.386. The number of benzene rings is 1. The number of hydrogen-bond donors (Lipinski definition) is 1. The first-order valence-corrected chi connectivity index (χ1v) is 5.56. The van der Waals surface area contributed by atoms with Gasteiger partial charge < -0.3 is 10.6 Å². The predicted molar refractivity (Wildman–Crippen MR) is 68.3 cm³/mol. The third-order valence-electron chi connectivity index (χ3n) is 2.67. The highest BCUT2D eigenvalue weighted by Crippen LogP contribution is 2.22. The average molecular weight is 217 g/mol. The van der Waals surface area contributed by atoms with Crippen LogP contribution in [0.4, 0.5) is 11.4 Å². The monoisotopic (exact) mass is 217 g/mol. The van der Waals surface area contributed by atoms with E-state index >= 15 is 0 Å². The molecule has 0 aliphatic carbocycles. The van der Waals surface area contributed by atoms with Gasteiger partial charge in [-0.15, -0.1) is 0 Å². The van der Waals surface area contributed by atoms with Crippen molar-refractivity contribution in [2.75, 3.05) is 17.2 Å². The first-order chi connectivity index (χ1) is 7.56. The van der Waals surface area contributed by atoms with E-state index in [1.165, 1.54) is 0 Å². The Kier molecular flexibility index (Phi) is 4.19. The van der Waals surface area contributed by atoms with E-state index in [0.29, 0.717) is 12.5 Å². The molecule has 0 aliphatic heterocycles. The molecule has 1 aromatic carbocycles. The van der Waals surface area contributed by atoms with Gasteiger partial charge >= 0.3 is 0 Å². The van der Waals surface area contributed by atoms with Crippen molar-refractivity contribution >= 4 is 11.4 Å². The van der Waals surface area contributed by atoms with Gasteiger partial charge in [0.05, 0.1) is 12.5 Å². The highest BCUT2D eigenvalue weighted by Gasteiger charge is 2.10. The van der Waals surface area contributed by atoms with Gasteiger partial charge in [0, 0.05) is 24.0 Å². The zero-order chi connectivity index (χ0) is 12.1. The maximum absolute atomic E-state index is 8.65. The lowest BCUT2D eigenvalue weighted by Crippen LogP contribution is -2.31. The Morgan fingerprint density at radius 3 is 2.62 bits per heavy atom. The fourth-order valence-corrected chi connectivity index (χ4v) is 1.69. The van der Waals surface area contributed by atoms with E-state index in [1.54, 1.807) is 0 Å². The number of hydrogen-bond acceptors (Lipinski definition) is 3. The predicted octanol–water partition coefficient (Wildman–Crippen LogP) is 2.71. The molecule has 3 heteroatoms. The summed E-state index contributed by atoms with van der Waals surface area (Å²) >= 11 is 0. The quantitative estimate of drug-likeness (QED) is 0.789. The maximum atomic E-state index is 8.65. The van der Waals surface area contributed by atoms with Crippen LogP contribution in [0, 0.1) is 18.3 Å². The van der Waals surface area contributed by atoms with E-state index in [4.69, 9.17) is 11.0 Å². The van der Waals surface area contributed by atoms with Gasteiger partial charge in [-0.3, -0.25) is 0 Å². The van der Waals surface area contributed by atoms with Crippen molar-refractivity contribution in [2.24, 2.45) is 0 Å². The number of aryl methyl sites for hydroxylation is 1. The number of anilines is 2. The Morgan fingerprint density at radius 2 is 2.12 bits per heavy atom. The van der Waals surface area contributed by atoms with Crippen LogP contribution in [-0.2, 0) is 0 Å². The Balaban J connectivity index is 2.93. The fourth-order valence-electron chi connectivity index (χ4n) is 1.69. The zero-order valence-electron chi connectivity index (χ0n) is 10.2. The van der Waals surface area contributed by atoms with E-state index in [-0.39, 0.29) is 0 Å². The summed E-state index contributed by atoms with van der Waals surface area (Å²) in [7, 11) is 0. The lowest BCUT2D eigenvalue weighted by Gasteiger charge is -2.28. The number of nitrogen functional groups attached to an aromatic ring is 1. The Hall–Kier alpha value is -1.69. The molecular weight excluding hydrogens is 198 g/mol. The van der Waals surface area contributed by atoms with Crippen LogP contribution in [0.1, 0.15) is 25.8 Å². The van der Waals surface area contributed by atoms with E-state index in [9.17, 15) is 0 Å². The van der Waals surface area contributed by atoms with Gasteiger partial charge in [0.15, 0.2) is 0 Å². The van der Waals surface area contributed by atoms with Crippen LogP contribution in [0.2, 0.25) is 0 Å². The molecule has 0 saturated carbocycles. The number of nitrogens with zero attached hydrogens (tertiary/aromatic N) is 2. The third-order valence-corrected chi connectivity index (χ3v) is 2.67. The molecule has 0 heterocycles. The van der Waals surface area contributed by atoms with Gasteiger partial charge in [-0.1, -0.05) is 0 Å². The fraction of sp³-hybridized carbons (Fsp3) is 0.462. The molecule has 0 amide bonds. The normalized spacial score (nSPS) is 10.2. The number of nitriles is 1. The number of nitrogens with two attached hydrogens (primary N) is 1. The van der Waals surface area contributed by atoms with Gasteiger partial charge in [-0.2, -0.15) is 5.26 Å². The highest BCUT2D eigenvalue weighted by molar-refractivity contribution is 5.58. The zero-order valence-corrected chi connectivity index (χ0v) is 10.2. The number of rotatable bonds is 4. The molecule has 0 aliphatic rings. The summed E-state index contributed by atoms with van der Waals surface area (Å²) in [6.07, 6.45) is 0.543. The van der Waals surface area contributed by atoms with Crippen LogP contribution in [0.15, 0.2) is 18.2 Å². The van der Waals surface area contributed by atoms with Crippen LogP contribution >= 0.6 is 0 Å². The molecule has 0 radical (unpaired) electrons. The van der Waals surface area contributed by atoms with Crippen LogP contribution in [0.25, 0.3) is 0 Å². The molecule has 86 valence electrons. The molecule has 16 heavy (non-hydrogen) atoms. The van der Waals surface area contributed by atoms with Gasteiger partial charge in [0.25, 0.3) is 0 Å². The molecule has 1 aromatic rings. The molecule has 1 rings (SSSR count). The summed E-state index contributed by atoms with van der Waals surface area (Å²) < 4.78 is 0. The molecule has 2 N–H and O–H groups in total. The molecule has 0 atom stereocenters. The largest absolute Gasteiger partial charge is 0.399 e. The molecular formula is C13H19N3. The van der Waals surface area contributed by atoms with E-state index < -0.39 is 0 Å². The minimum Gasteiger partial charge on any atom is -0.399 e. The van der Waals surface area contributed by atoms with Gasteiger partial charge in [-0.05, 0) is 44.5 Å². The van der Waals surface area contributed by atoms with Gasteiger partial charge in [0.2, 0.25) is 0 Å². The third kappa shape index (κ3) is 2.90. The molecule has 0 unspecified atom stereocenters. The molecule has 0 spiro atoms. The smallest absolute Gasteiger partial charge is 0.0640 e. The van der Waals surface area contributed by atoms with Crippen molar-refractivity contribution in [3.8, 4) is 6.07 Å². The summed E-state index contributed by atoms with van der Waals surface area (Å²) in [6, 6.07) is 8.58. The molecule has 3 nitrogen and oxygen atoms in total. The Bertz CT molecular complexity index is 391.